The maximum absolute atomic E-state index is 13.1. The number of aryl methyl sites for hydroxylation is 2. The van der Waals surface area contributed by atoms with E-state index in [1.165, 1.54) is 4.31 Å². The van der Waals surface area contributed by atoms with Crippen LogP contribution in [-0.4, -0.2) is 41.0 Å². The largest absolute Gasteiger partial charge is 0.370 e. The molecule has 1 aromatic heterocycles. The van der Waals surface area contributed by atoms with Gasteiger partial charge in [0.05, 0.1) is 18.8 Å². The zero-order chi connectivity index (χ0) is 17.5. The highest BCUT2D eigenvalue weighted by Crippen LogP contribution is 2.34. The minimum Gasteiger partial charge on any atom is -0.370 e. The number of morpholine rings is 1. The smallest absolute Gasteiger partial charge is 0.262 e. The Morgan fingerprint density at radius 1 is 1.21 bits per heavy atom. The molecule has 24 heavy (non-hydrogen) atoms. The van der Waals surface area contributed by atoms with Crippen molar-refractivity contribution in [1.29, 1.82) is 0 Å². The van der Waals surface area contributed by atoms with Gasteiger partial charge >= 0.3 is 0 Å². The van der Waals surface area contributed by atoms with Crippen molar-refractivity contribution in [2.45, 2.75) is 44.0 Å². The second kappa shape index (κ2) is 6.31. The Morgan fingerprint density at radius 3 is 2.46 bits per heavy atom. The van der Waals surface area contributed by atoms with Crippen molar-refractivity contribution in [3.8, 4) is 0 Å². The van der Waals surface area contributed by atoms with Gasteiger partial charge in [-0.1, -0.05) is 30.3 Å². The van der Waals surface area contributed by atoms with Crippen LogP contribution >= 0.6 is 0 Å². The van der Waals surface area contributed by atoms with Gasteiger partial charge in [-0.3, -0.25) is 0 Å². The van der Waals surface area contributed by atoms with Crippen molar-refractivity contribution in [3.05, 3.63) is 47.9 Å². The lowest BCUT2D eigenvalue weighted by molar-refractivity contribution is -0.0618. The molecule has 0 aliphatic carbocycles. The lowest BCUT2D eigenvalue weighted by atomic mass is 10.0. The first kappa shape index (κ1) is 17.1. The normalized spacial score (nSPS) is 25.8. The molecule has 0 bridgehead atoms. The number of hydrogen-bond donors (Lipinski definition) is 0. The van der Waals surface area contributed by atoms with Gasteiger partial charge in [0.1, 0.15) is 5.82 Å². The van der Waals surface area contributed by atoms with Crippen LogP contribution in [0.2, 0.25) is 0 Å². The van der Waals surface area contributed by atoms with Gasteiger partial charge in [-0.15, -0.1) is 0 Å². The second-order valence-electron chi connectivity index (χ2n) is 6.33. The molecule has 2 heterocycles. The van der Waals surface area contributed by atoms with Crippen LogP contribution in [0, 0.1) is 6.92 Å². The summed E-state index contributed by atoms with van der Waals surface area (Å²) >= 11 is 0. The fourth-order valence-corrected chi connectivity index (χ4v) is 5.06. The van der Waals surface area contributed by atoms with Crippen LogP contribution in [0.25, 0.3) is 0 Å². The summed E-state index contributed by atoms with van der Waals surface area (Å²) in [7, 11) is -1.89. The number of imidazole rings is 1. The molecule has 0 amide bonds. The molecule has 0 radical (unpaired) electrons. The highest BCUT2D eigenvalue weighted by atomic mass is 32.2. The van der Waals surface area contributed by atoms with Gasteiger partial charge in [-0.2, -0.15) is 4.31 Å². The van der Waals surface area contributed by atoms with E-state index in [-0.39, 0.29) is 23.2 Å². The molecule has 0 N–H and O–H groups in total. The topological polar surface area (TPSA) is 64.4 Å². The van der Waals surface area contributed by atoms with Crippen LogP contribution in [0.3, 0.4) is 0 Å². The molecule has 1 saturated heterocycles. The fourth-order valence-electron chi connectivity index (χ4n) is 3.22. The predicted molar refractivity (Wildman–Crippen MR) is 91.0 cm³/mol. The Morgan fingerprint density at radius 2 is 1.88 bits per heavy atom. The highest BCUT2D eigenvalue weighted by Gasteiger charge is 2.42. The molecule has 1 aromatic carbocycles. The minimum atomic E-state index is -3.68. The molecule has 130 valence electrons. The maximum atomic E-state index is 13.1. The zero-order valence-corrected chi connectivity index (χ0v) is 15.2. The molecule has 3 rings (SSSR count). The van der Waals surface area contributed by atoms with Crippen LogP contribution in [0.5, 0.6) is 0 Å². The Balaban J connectivity index is 1.98. The Labute approximate surface area is 143 Å². The van der Waals surface area contributed by atoms with Crippen LogP contribution < -0.4 is 0 Å². The molecule has 3 atom stereocenters. The molecule has 1 fully saturated rings. The van der Waals surface area contributed by atoms with E-state index in [0.717, 1.165) is 5.56 Å². The number of aromatic nitrogens is 2. The first-order valence-electron chi connectivity index (χ1n) is 8.02. The molecular formula is C17H23N3O3S. The number of hydrogen-bond acceptors (Lipinski definition) is 4. The molecule has 7 heteroatoms. The third-order valence-electron chi connectivity index (χ3n) is 4.55. The summed E-state index contributed by atoms with van der Waals surface area (Å²) < 4.78 is 35.5. The summed E-state index contributed by atoms with van der Waals surface area (Å²) in [6.07, 6.45) is 1.28. The van der Waals surface area contributed by atoms with Crippen molar-refractivity contribution in [1.82, 2.24) is 13.9 Å². The quantitative estimate of drug-likeness (QED) is 0.853. The standard InChI is InChI=1S/C17H23N3O3S/c1-12-11-23-17(15-8-6-5-7-9-15)13(2)20(12)24(21,22)16-10-19(4)14(3)18-16/h5-10,12-13,17H,11H2,1-4H3/t12-,13-,17+/m1/s1. The van der Waals surface area contributed by atoms with E-state index < -0.39 is 10.0 Å². The van der Waals surface area contributed by atoms with Crippen LogP contribution in [0.4, 0.5) is 0 Å². The van der Waals surface area contributed by atoms with Gasteiger partial charge in [0.2, 0.25) is 0 Å². The Kier molecular flexibility index (Phi) is 4.50. The van der Waals surface area contributed by atoms with Crippen LogP contribution in [0.15, 0.2) is 41.6 Å². The first-order valence-corrected chi connectivity index (χ1v) is 9.46. The lowest BCUT2D eigenvalue weighted by Crippen LogP contribution is -2.53. The minimum absolute atomic E-state index is 0.0925. The Hall–Kier alpha value is -1.70. The third kappa shape index (κ3) is 2.87. The average Bonchev–Trinajstić information content (AvgIpc) is 2.88. The van der Waals surface area contributed by atoms with Crippen molar-refractivity contribution < 1.29 is 13.2 Å². The first-order chi connectivity index (χ1) is 11.3. The van der Waals surface area contributed by atoms with Crippen molar-refractivity contribution in [2.24, 2.45) is 7.05 Å². The van der Waals surface area contributed by atoms with Crippen LogP contribution in [0.1, 0.15) is 31.3 Å². The third-order valence-corrected chi connectivity index (χ3v) is 6.52. The number of rotatable bonds is 3. The van der Waals surface area contributed by atoms with Gasteiger partial charge in [-0.25, -0.2) is 13.4 Å². The summed E-state index contributed by atoms with van der Waals surface area (Å²) in [5, 5.41) is 0.0925. The van der Waals surface area contributed by atoms with E-state index in [9.17, 15) is 8.42 Å². The number of ether oxygens (including phenoxy) is 1. The molecule has 1 aliphatic heterocycles. The van der Waals surface area contributed by atoms with Crippen LogP contribution in [-0.2, 0) is 21.8 Å². The van der Waals surface area contributed by atoms with Gasteiger partial charge < -0.3 is 9.30 Å². The van der Waals surface area contributed by atoms with Gasteiger partial charge in [0.15, 0.2) is 5.03 Å². The van der Waals surface area contributed by atoms with Crippen molar-refractivity contribution in [3.63, 3.8) is 0 Å². The van der Waals surface area contributed by atoms with E-state index >= 15 is 0 Å². The summed E-state index contributed by atoms with van der Waals surface area (Å²) in [6, 6.07) is 9.18. The van der Waals surface area contributed by atoms with Crippen molar-refractivity contribution in [2.75, 3.05) is 6.61 Å². The number of sulfonamides is 1. The lowest BCUT2D eigenvalue weighted by Gasteiger charge is -2.42. The van der Waals surface area contributed by atoms with E-state index in [1.807, 2.05) is 44.2 Å². The molecule has 2 aromatic rings. The second-order valence-corrected chi connectivity index (χ2v) is 8.12. The average molecular weight is 349 g/mol. The monoisotopic (exact) mass is 349 g/mol. The summed E-state index contributed by atoms with van der Waals surface area (Å²) in [5.74, 6) is 0.668. The highest BCUT2D eigenvalue weighted by molar-refractivity contribution is 7.89. The molecule has 0 unspecified atom stereocenters. The van der Waals surface area contributed by atoms with Gasteiger partial charge in [0, 0.05) is 19.3 Å². The molecule has 1 aliphatic rings. The van der Waals surface area contributed by atoms with Crippen molar-refractivity contribution >= 4 is 10.0 Å². The van der Waals surface area contributed by atoms with E-state index in [0.29, 0.717) is 12.4 Å². The summed E-state index contributed by atoms with van der Waals surface area (Å²) in [5.41, 5.74) is 0.981. The SMILES string of the molecule is Cc1nc(S(=O)(=O)N2[C@H](C)CO[C@H](c3ccccc3)[C@H]2C)cn1C. The fraction of sp³-hybridized carbons (Fsp3) is 0.471. The molecular weight excluding hydrogens is 326 g/mol. The van der Waals surface area contributed by atoms with Gasteiger partial charge in [0.25, 0.3) is 10.0 Å². The number of nitrogens with zero attached hydrogens (tertiary/aromatic N) is 3. The summed E-state index contributed by atoms with van der Waals surface area (Å²) in [4.78, 5) is 4.22. The Bertz CT molecular complexity index is 797. The van der Waals surface area contributed by atoms with E-state index in [4.69, 9.17) is 4.74 Å². The predicted octanol–water partition coefficient (Wildman–Crippen LogP) is 2.27. The van der Waals surface area contributed by atoms with E-state index in [1.54, 1.807) is 24.7 Å². The molecule has 6 nitrogen and oxygen atoms in total. The maximum Gasteiger partial charge on any atom is 0.262 e. The molecule has 0 saturated carbocycles. The molecule has 0 spiro atoms. The van der Waals surface area contributed by atoms with Gasteiger partial charge in [-0.05, 0) is 26.3 Å². The summed E-state index contributed by atoms with van der Waals surface area (Å²) in [6.45, 7) is 5.90. The number of benzene rings is 1. The zero-order valence-electron chi connectivity index (χ0n) is 14.4. The van der Waals surface area contributed by atoms with E-state index in [2.05, 4.69) is 4.98 Å².